The number of nitrogens with zero attached hydrogens (tertiary/aromatic N) is 1. The summed E-state index contributed by atoms with van der Waals surface area (Å²) in [5.74, 6) is 0.330. The standard InChI is InChI=1S/C22H21N3O5/c1-13(26)23-11-17-12-25(22(28)30-17)15-5-3-14(4-6-15)9-19-18-10-16(29-2)7-8-20(18)24-21(19)27/h3-10,17H,11-12H2,1-2H3,(H,23,26)(H,24,27)/b19-9-/t17-/m0/s1. The van der Waals surface area contributed by atoms with Crippen molar-refractivity contribution in [3.8, 4) is 5.75 Å². The molecule has 0 aromatic heterocycles. The van der Waals surface area contributed by atoms with Gasteiger partial charge in [0.15, 0.2) is 0 Å². The molecule has 2 aliphatic heterocycles. The zero-order valence-corrected chi connectivity index (χ0v) is 16.6. The van der Waals surface area contributed by atoms with Gasteiger partial charge in [-0.2, -0.15) is 0 Å². The van der Waals surface area contributed by atoms with Crippen LogP contribution in [0.1, 0.15) is 18.1 Å². The lowest BCUT2D eigenvalue weighted by Crippen LogP contribution is -2.33. The molecule has 1 saturated heterocycles. The number of hydrogen-bond acceptors (Lipinski definition) is 5. The monoisotopic (exact) mass is 407 g/mol. The maximum absolute atomic E-state index is 12.4. The van der Waals surface area contributed by atoms with Gasteiger partial charge in [-0.15, -0.1) is 0 Å². The van der Waals surface area contributed by atoms with E-state index in [1.165, 1.54) is 11.8 Å². The lowest BCUT2D eigenvalue weighted by Gasteiger charge is -2.13. The van der Waals surface area contributed by atoms with E-state index < -0.39 is 12.2 Å². The van der Waals surface area contributed by atoms with Gasteiger partial charge in [0.05, 0.1) is 20.2 Å². The summed E-state index contributed by atoms with van der Waals surface area (Å²) in [5, 5.41) is 5.50. The second kappa shape index (κ2) is 7.90. The fourth-order valence-corrected chi connectivity index (χ4v) is 3.45. The molecule has 30 heavy (non-hydrogen) atoms. The molecule has 2 heterocycles. The van der Waals surface area contributed by atoms with E-state index in [-0.39, 0.29) is 18.4 Å². The Balaban J connectivity index is 1.52. The third-order valence-electron chi connectivity index (χ3n) is 4.98. The van der Waals surface area contributed by atoms with Gasteiger partial charge in [0.2, 0.25) is 5.91 Å². The Morgan fingerprint density at radius 3 is 2.73 bits per heavy atom. The topological polar surface area (TPSA) is 97.0 Å². The average Bonchev–Trinajstić information content (AvgIpc) is 3.26. The maximum atomic E-state index is 12.4. The van der Waals surface area contributed by atoms with Gasteiger partial charge >= 0.3 is 6.09 Å². The Morgan fingerprint density at radius 1 is 1.27 bits per heavy atom. The van der Waals surface area contributed by atoms with Crippen molar-refractivity contribution < 1.29 is 23.9 Å². The largest absolute Gasteiger partial charge is 0.497 e. The molecule has 0 radical (unpaired) electrons. The quantitative estimate of drug-likeness (QED) is 0.743. The number of nitrogens with one attached hydrogen (secondary N) is 2. The summed E-state index contributed by atoms with van der Waals surface area (Å²) in [6.45, 7) is 2.05. The number of carbonyl (C=O) groups is 3. The molecule has 0 bridgehead atoms. The highest BCUT2D eigenvalue weighted by Crippen LogP contribution is 2.35. The number of rotatable bonds is 5. The van der Waals surface area contributed by atoms with Crippen molar-refractivity contribution in [3.63, 3.8) is 0 Å². The number of anilines is 2. The van der Waals surface area contributed by atoms with Crippen LogP contribution in [0.2, 0.25) is 0 Å². The van der Waals surface area contributed by atoms with Crippen LogP contribution >= 0.6 is 0 Å². The Morgan fingerprint density at radius 2 is 2.03 bits per heavy atom. The van der Waals surface area contributed by atoms with E-state index in [0.717, 1.165) is 16.8 Å². The van der Waals surface area contributed by atoms with Gasteiger partial charge < -0.3 is 20.1 Å². The molecule has 8 nitrogen and oxygen atoms in total. The fraction of sp³-hybridized carbons (Fsp3) is 0.227. The molecular weight excluding hydrogens is 386 g/mol. The molecule has 1 fully saturated rings. The van der Waals surface area contributed by atoms with Gasteiger partial charge in [-0.05, 0) is 42.0 Å². The van der Waals surface area contributed by atoms with Crippen LogP contribution in [0.5, 0.6) is 5.75 Å². The first-order chi connectivity index (χ1) is 14.4. The zero-order valence-electron chi connectivity index (χ0n) is 16.6. The van der Waals surface area contributed by atoms with Gasteiger partial charge in [0.25, 0.3) is 5.91 Å². The van der Waals surface area contributed by atoms with Crippen LogP contribution in [0.3, 0.4) is 0 Å². The third-order valence-corrected chi connectivity index (χ3v) is 4.98. The first-order valence-electron chi connectivity index (χ1n) is 9.48. The zero-order chi connectivity index (χ0) is 21.3. The van der Waals surface area contributed by atoms with E-state index >= 15 is 0 Å². The Kier molecular flexibility index (Phi) is 5.14. The number of fused-ring (bicyclic) bond motifs is 1. The summed E-state index contributed by atoms with van der Waals surface area (Å²) in [7, 11) is 1.58. The minimum Gasteiger partial charge on any atom is -0.497 e. The maximum Gasteiger partial charge on any atom is 0.414 e. The molecule has 3 amide bonds. The highest BCUT2D eigenvalue weighted by Gasteiger charge is 2.32. The molecule has 154 valence electrons. The number of ether oxygens (including phenoxy) is 2. The SMILES string of the molecule is COc1ccc2c(c1)/C(=C/c1ccc(N3C[C@H](CNC(C)=O)OC3=O)cc1)C(=O)N2. The predicted octanol–water partition coefficient (Wildman–Crippen LogP) is 2.65. The molecule has 0 unspecified atom stereocenters. The summed E-state index contributed by atoms with van der Waals surface area (Å²) < 4.78 is 10.5. The number of amides is 3. The molecule has 0 saturated carbocycles. The lowest BCUT2D eigenvalue weighted by atomic mass is 10.0. The lowest BCUT2D eigenvalue weighted by molar-refractivity contribution is -0.119. The van der Waals surface area contributed by atoms with E-state index in [0.29, 0.717) is 23.6 Å². The highest BCUT2D eigenvalue weighted by atomic mass is 16.6. The van der Waals surface area contributed by atoms with Crippen LogP contribution < -0.4 is 20.3 Å². The number of cyclic esters (lactones) is 1. The number of carbonyl (C=O) groups excluding carboxylic acids is 3. The van der Waals surface area contributed by atoms with Crippen LogP contribution in [-0.2, 0) is 14.3 Å². The van der Waals surface area contributed by atoms with E-state index in [4.69, 9.17) is 9.47 Å². The van der Waals surface area contributed by atoms with Gasteiger partial charge in [0.1, 0.15) is 11.9 Å². The smallest absolute Gasteiger partial charge is 0.414 e. The summed E-state index contributed by atoms with van der Waals surface area (Å²) in [6, 6.07) is 12.7. The van der Waals surface area contributed by atoms with Gasteiger partial charge in [-0.1, -0.05) is 12.1 Å². The summed E-state index contributed by atoms with van der Waals surface area (Å²) in [4.78, 5) is 37.1. The molecule has 0 spiro atoms. The fourth-order valence-electron chi connectivity index (χ4n) is 3.45. The molecule has 0 aliphatic carbocycles. The van der Waals surface area contributed by atoms with Crippen molar-refractivity contribution >= 4 is 40.9 Å². The van der Waals surface area contributed by atoms with Crippen molar-refractivity contribution in [3.05, 3.63) is 53.6 Å². The molecule has 1 atom stereocenters. The van der Waals surface area contributed by atoms with E-state index in [1.54, 1.807) is 31.4 Å². The van der Waals surface area contributed by atoms with Crippen LogP contribution in [0.4, 0.5) is 16.2 Å². The summed E-state index contributed by atoms with van der Waals surface area (Å²) in [5.41, 5.74) is 3.58. The second-order valence-corrected chi connectivity index (χ2v) is 7.07. The van der Waals surface area contributed by atoms with Crippen molar-refractivity contribution in [2.75, 3.05) is 30.4 Å². The number of hydrogen-bond donors (Lipinski definition) is 2. The van der Waals surface area contributed by atoms with Crippen molar-refractivity contribution in [1.82, 2.24) is 5.32 Å². The number of methoxy groups -OCH3 is 1. The molecule has 2 aromatic carbocycles. The van der Waals surface area contributed by atoms with Crippen molar-refractivity contribution in [1.29, 1.82) is 0 Å². The second-order valence-electron chi connectivity index (χ2n) is 7.07. The van der Waals surface area contributed by atoms with E-state index in [2.05, 4.69) is 10.6 Å². The van der Waals surface area contributed by atoms with E-state index in [9.17, 15) is 14.4 Å². The molecule has 4 rings (SSSR count). The molecule has 2 N–H and O–H groups in total. The van der Waals surface area contributed by atoms with Crippen LogP contribution in [0.25, 0.3) is 11.6 Å². The minimum absolute atomic E-state index is 0.169. The first kappa shape index (κ1) is 19.5. The minimum atomic E-state index is -0.451. The van der Waals surface area contributed by atoms with Crippen LogP contribution in [0.15, 0.2) is 42.5 Å². The molecule has 2 aliphatic rings. The summed E-state index contributed by atoms with van der Waals surface area (Å²) in [6.07, 6.45) is 0.955. The first-order valence-corrected chi connectivity index (χ1v) is 9.48. The van der Waals surface area contributed by atoms with Gasteiger partial charge in [-0.25, -0.2) is 4.79 Å². The third kappa shape index (κ3) is 3.84. The molecule has 8 heteroatoms. The summed E-state index contributed by atoms with van der Waals surface area (Å²) >= 11 is 0. The Labute approximate surface area is 173 Å². The van der Waals surface area contributed by atoms with Gasteiger partial charge in [-0.3, -0.25) is 14.5 Å². The highest BCUT2D eigenvalue weighted by molar-refractivity contribution is 6.35. The number of benzene rings is 2. The van der Waals surface area contributed by atoms with Crippen molar-refractivity contribution in [2.45, 2.75) is 13.0 Å². The average molecular weight is 407 g/mol. The predicted molar refractivity (Wildman–Crippen MR) is 112 cm³/mol. The van der Waals surface area contributed by atoms with E-state index in [1.807, 2.05) is 24.3 Å². The molecular formula is C22H21N3O5. The van der Waals surface area contributed by atoms with Crippen LogP contribution in [-0.4, -0.2) is 44.2 Å². The van der Waals surface area contributed by atoms with Crippen LogP contribution in [0, 0.1) is 0 Å². The normalized spacial score (nSPS) is 18.8. The van der Waals surface area contributed by atoms with Crippen molar-refractivity contribution in [2.24, 2.45) is 0 Å². The Bertz CT molecular complexity index is 1050. The Hall–Kier alpha value is -3.81. The van der Waals surface area contributed by atoms with Gasteiger partial charge in [0, 0.05) is 29.4 Å². The molecule has 2 aromatic rings.